The van der Waals surface area contributed by atoms with Gasteiger partial charge in [-0.05, 0) is 111 Å². The summed E-state index contributed by atoms with van der Waals surface area (Å²) in [5, 5.41) is 2.08. The zero-order chi connectivity index (χ0) is 35.0. The van der Waals surface area contributed by atoms with E-state index in [1.807, 2.05) is 36.4 Å². The molecule has 0 spiro atoms. The molecule has 0 bridgehead atoms. The van der Waals surface area contributed by atoms with E-state index in [4.69, 9.17) is 49.8 Å². The minimum atomic E-state index is 0.625. The topological polar surface area (TPSA) is 48.4 Å². The lowest BCUT2D eigenvalue weighted by Crippen LogP contribution is -2.26. The van der Waals surface area contributed by atoms with E-state index in [1.54, 1.807) is 0 Å². The predicted octanol–water partition coefficient (Wildman–Crippen LogP) is 10.5. The van der Waals surface area contributed by atoms with Gasteiger partial charge >= 0.3 is 0 Å². The molecule has 0 radical (unpaired) electrons. The van der Waals surface area contributed by atoms with Crippen LogP contribution in [0.4, 0.5) is 0 Å². The summed E-state index contributed by atoms with van der Waals surface area (Å²) in [6.07, 6.45) is 17.5. The van der Waals surface area contributed by atoms with E-state index in [-0.39, 0.29) is 0 Å². The highest BCUT2D eigenvalue weighted by Crippen LogP contribution is 2.32. The molecule has 3 aliphatic heterocycles. The number of nitrogens with zero attached hydrogens (tertiary/aromatic N) is 6. The number of hydrogen-bond acceptors (Lipinski definition) is 6. The van der Waals surface area contributed by atoms with Crippen molar-refractivity contribution in [2.45, 2.75) is 57.8 Å². The molecule has 264 valence electrons. The molecule has 1 aromatic heterocycles. The summed E-state index contributed by atoms with van der Waals surface area (Å²) >= 11 is 19.3. The zero-order valence-corrected chi connectivity index (χ0v) is 31.4. The Kier molecular flexibility index (Phi) is 11.9. The molecule has 0 unspecified atom stereocenters. The molecule has 6 nitrogen and oxygen atoms in total. The van der Waals surface area contributed by atoms with Gasteiger partial charge in [-0.3, -0.25) is 0 Å². The Labute approximate surface area is 317 Å². The maximum Gasteiger partial charge on any atom is 0.166 e. The molecule has 9 heteroatoms. The van der Waals surface area contributed by atoms with Crippen LogP contribution in [0.15, 0.2) is 91.4 Å². The standard InChI is InChI=1S/C42H45Cl3N6/c43-34-16-10-31(11-17-34)37(28-49-22-4-1-5-23-49)40-46-41(38(29-50-24-6-2-7-25-50)32-12-18-35(44)19-13-32)48-42(47-40)39(30-51-26-8-3-9-27-51)33-14-20-36(45)21-15-33/h10-21,28-30H,1-9,22-27H2/b37-28+,38-29+,39-30+. The molecule has 4 heterocycles. The number of halogens is 3. The van der Waals surface area contributed by atoms with Gasteiger partial charge in [-0.1, -0.05) is 71.2 Å². The van der Waals surface area contributed by atoms with Crippen LogP contribution in [0, 0.1) is 0 Å². The second-order valence-corrected chi connectivity index (χ2v) is 15.1. The first kappa shape index (κ1) is 35.6. The Hall–Kier alpha value is -3.84. The summed E-state index contributed by atoms with van der Waals surface area (Å²) in [6.45, 7) is 5.99. The summed E-state index contributed by atoms with van der Waals surface area (Å²) in [4.78, 5) is 23.3. The lowest BCUT2D eigenvalue weighted by atomic mass is 10.0. The van der Waals surface area contributed by atoms with Crippen LogP contribution in [0.3, 0.4) is 0 Å². The van der Waals surface area contributed by atoms with E-state index in [0.717, 1.165) is 111 Å². The van der Waals surface area contributed by atoms with Crippen LogP contribution < -0.4 is 0 Å². The third-order valence-electron chi connectivity index (χ3n) is 9.93. The number of aromatic nitrogens is 3. The molecule has 7 rings (SSSR count). The van der Waals surface area contributed by atoms with Crippen molar-refractivity contribution >= 4 is 51.5 Å². The first-order valence-corrected chi connectivity index (χ1v) is 19.5. The van der Waals surface area contributed by atoms with E-state index in [1.165, 1.54) is 19.3 Å². The number of benzene rings is 3. The quantitative estimate of drug-likeness (QED) is 0.170. The molecular formula is C42H45Cl3N6. The van der Waals surface area contributed by atoms with Crippen LogP contribution in [0.1, 0.15) is 92.0 Å². The van der Waals surface area contributed by atoms with Gasteiger partial charge in [-0.15, -0.1) is 0 Å². The third kappa shape index (κ3) is 9.34. The molecule has 0 aliphatic carbocycles. The lowest BCUT2D eigenvalue weighted by Gasteiger charge is -2.27. The summed E-state index contributed by atoms with van der Waals surface area (Å²) in [7, 11) is 0. The van der Waals surface area contributed by atoms with Gasteiger partial charge in [-0.25, -0.2) is 15.0 Å². The van der Waals surface area contributed by atoms with Crippen molar-refractivity contribution in [3.63, 3.8) is 0 Å². The van der Waals surface area contributed by atoms with E-state index < -0.39 is 0 Å². The smallest absolute Gasteiger partial charge is 0.166 e. The number of piperidine rings is 3. The fraction of sp³-hybridized carbons (Fsp3) is 0.357. The Morgan fingerprint density at radius 2 is 0.608 bits per heavy atom. The normalized spacial score (nSPS) is 17.9. The fourth-order valence-corrected chi connectivity index (χ4v) is 7.48. The van der Waals surface area contributed by atoms with Crippen LogP contribution in [0.25, 0.3) is 16.7 Å². The molecule has 0 amide bonds. The number of likely N-dealkylation sites (tertiary alicyclic amines) is 3. The number of hydrogen-bond donors (Lipinski definition) is 0. The average molecular weight is 740 g/mol. The molecule has 3 fully saturated rings. The Morgan fingerprint density at radius 1 is 0.373 bits per heavy atom. The first-order valence-electron chi connectivity index (χ1n) is 18.4. The Morgan fingerprint density at radius 3 is 0.843 bits per heavy atom. The van der Waals surface area contributed by atoms with Crippen molar-refractivity contribution in [1.29, 1.82) is 0 Å². The number of rotatable bonds is 9. The molecular weight excluding hydrogens is 695 g/mol. The molecule has 0 atom stereocenters. The van der Waals surface area contributed by atoms with Gasteiger partial charge in [0.05, 0.1) is 0 Å². The van der Waals surface area contributed by atoms with Gasteiger partial charge in [0.25, 0.3) is 0 Å². The van der Waals surface area contributed by atoms with Gasteiger partial charge in [-0.2, -0.15) is 0 Å². The second kappa shape index (κ2) is 17.1. The molecule has 3 aromatic carbocycles. The first-order chi connectivity index (χ1) is 25.0. The molecule has 0 saturated carbocycles. The summed E-state index contributed by atoms with van der Waals surface area (Å²) in [6, 6.07) is 24.0. The van der Waals surface area contributed by atoms with Gasteiger partial charge in [0.1, 0.15) is 0 Å². The summed E-state index contributed by atoms with van der Waals surface area (Å²) < 4.78 is 0. The van der Waals surface area contributed by atoms with Crippen molar-refractivity contribution in [2.24, 2.45) is 0 Å². The van der Waals surface area contributed by atoms with Crippen molar-refractivity contribution in [2.75, 3.05) is 39.3 Å². The minimum absolute atomic E-state index is 0.625. The highest BCUT2D eigenvalue weighted by Gasteiger charge is 2.23. The monoisotopic (exact) mass is 738 g/mol. The Bertz CT molecular complexity index is 1620. The van der Waals surface area contributed by atoms with Crippen molar-refractivity contribution in [3.05, 3.63) is 141 Å². The fourth-order valence-electron chi connectivity index (χ4n) is 7.10. The van der Waals surface area contributed by atoms with Gasteiger partial charge < -0.3 is 14.7 Å². The van der Waals surface area contributed by atoms with Crippen LogP contribution in [0.5, 0.6) is 0 Å². The van der Waals surface area contributed by atoms with Crippen molar-refractivity contribution in [3.8, 4) is 0 Å². The maximum absolute atomic E-state index is 6.42. The maximum atomic E-state index is 6.42. The van der Waals surface area contributed by atoms with E-state index >= 15 is 0 Å². The van der Waals surface area contributed by atoms with E-state index in [0.29, 0.717) is 32.5 Å². The summed E-state index contributed by atoms with van der Waals surface area (Å²) in [5.41, 5.74) is 5.86. The van der Waals surface area contributed by atoms with Crippen molar-refractivity contribution in [1.82, 2.24) is 29.7 Å². The summed E-state index contributed by atoms with van der Waals surface area (Å²) in [5.74, 6) is 1.87. The van der Waals surface area contributed by atoms with Crippen LogP contribution in [0.2, 0.25) is 15.1 Å². The van der Waals surface area contributed by atoms with Gasteiger partial charge in [0, 0.05) is 89.7 Å². The minimum Gasteiger partial charge on any atom is -0.377 e. The molecule has 3 saturated heterocycles. The van der Waals surface area contributed by atoms with Gasteiger partial charge in [0.15, 0.2) is 17.5 Å². The molecule has 4 aromatic rings. The third-order valence-corrected chi connectivity index (χ3v) is 10.7. The zero-order valence-electron chi connectivity index (χ0n) is 29.1. The highest BCUT2D eigenvalue weighted by atomic mass is 35.5. The molecule has 0 N–H and O–H groups in total. The van der Waals surface area contributed by atoms with Crippen LogP contribution >= 0.6 is 34.8 Å². The van der Waals surface area contributed by atoms with E-state index in [9.17, 15) is 0 Å². The second-order valence-electron chi connectivity index (χ2n) is 13.7. The Balaban J connectivity index is 1.47. The van der Waals surface area contributed by atoms with Gasteiger partial charge in [0.2, 0.25) is 0 Å². The molecule has 3 aliphatic rings. The highest BCUT2D eigenvalue weighted by molar-refractivity contribution is 6.31. The van der Waals surface area contributed by atoms with Crippen molar-refractivity contribution < 1.29 is 0 Å². The van der Waals surface area contributed by atoms with E-state index in [2.05, 4.69) is 69.7 Å². The molecule has 51 heavy (non-hydrogen) atoms. The van der Waals surface area contributed by atoms with Crippen LogP contribution in [-0.4, -0.2) is 68.9 Å². The SMILES string of the molecule is Clc1ccc(/C(=C\N2CCCCC2)c2nc(/C(=C/N3CCCCC3)c3ccc(Cl)cc3)nc(/C(=C/N3CCCCC3)c3ccc(Cl)cc3)n2)cc1. The predicted molar refractivity (Wildman–Crippen MR) is 212 cm³/mol. The average Bonchev–Trinajstić information content (AvgIpc) is 3.17. The largest absolute Gasteiger partial charge is 0.377 e. The van der Waals surface area contributed by atoms with Crippen LogP contribution in [-0.2, 0) is 0 Å². The lowest BCUT2D eigenvalue weighted by molar-refractivity contribution is 0.310.